The first-order valence-electron chi connectivity index (χ1n) is 8.72. The molecule has 2 heterocycles. The minimum Gasteiger partial charge on any atom is -0.339 e. The lowest BCUT2D eigenvalue weighted by atomic mass is 9.85. The highest BCUT2D eigenvalue weighted by Crippen LogP contribution is 2.35. The van der Waals surface area contributed by atoms with E-state index in [4.69, 9.17) is 16.1 Å². The molecule has 1 aliphatic carbocycles. The van der Waals surface area contributed by atoms with Gasteiger partial charge in [0.05, 0.1) is 11.8 Å². The van der Waals surface area contributed by atoms with Gasteiger partial charge in [-0.25, -0.2) is 0 Å². The number of likely N-dealkylation sites (tertiary alicyclic amines) is 1. The van der Waals surface area contributed by atoms with Gasteiger partial charge in [0.2, 0.25) is 23.5 Å². The van der Waals surface area contributed by atoms with Crippen LogP contribution in [0.4, 0.5) is 0 Å². The topological polar surface area (TPSA) is 76.3 Å². The van der Waals surface area contributed by atoms with Crippen LogP contribution in [0.1, 0.15) is 25.2 Å². The molecule has 0 bridgehead atoms. The second kappa shape index (κ2) is 7.03. The molecule has 1 aromatic carbocycles. The molecule has 1 aromatic heterocycles. The molecule has 2 aromatic rings. The molecular weight excluding hydrogens is 354 g/mol. The quantitative estimate of drug-likeness (QED) is 0.595. The first-order chi connectivity index (χ1) is 12.6. The van der Waals surface area contributed by atoms with Crippen molar-refractivity contribution in [3.05, 3.63) is 47.3 Å². The molecule has 2 aliphatic rings. The van der Waals surface area contributed by atoms with Crippen molar-refractivity contribution in [2.45, 2.75) is 25.7 Å². The van der Waals surface area contributed by atoms with E-state index in [9.17, 15) is 9.59 Å². The molecule has 0 spiro atoms. The van der Waals surface area contributed by atoms with Crippen molar-refractivity contribution < 1.29 is 14.1 Å². The van der Waals surface area contributed by atoms with Crippen molar-refractivity contribution in [3.63, 3.8) is 0 Å². The number of carbonyl (C=O) groups is 2. The van der Waals surface area contributed by atoms with Gasteiger partial charge < -0.3 is 4.52 Å². The van der Waals surface area contributed by atoms with E-state index in [0.717, 1.165) is 5.56 Å². The Bertz CT molecular complexity index is 833. The molecule has 0 unspecified atom stereocenters. The summed E-state index contributed by atoms with van der Waals surface area (Å²) in [6.45, 7) is 0.392. The number of aromatic nitrogens is 2. The third kappa shape index (κ3) is 3.17. The first kappa shape index (κ1) is 17.0. The number of allylic oxidation sites excluding steroid dienone is 2. The second-order valence-corrected chi connectivity index (χ2v) is 7.04. The summed E-state index contributed by atoms with van der Waals surface area (Å²) in [7, 11) is 0. The van der Waals surface area contributed by atoms with Gasteiger partial charge in [0, 0.05) is 23.6 Å². The van der Waals surface area contributed by atoms with Crippen molar-refractivity contribution in [2.75, 3.05) is 6.54 Å². The van der Waals surface area contributed by atoms with E-state index in [1.165, 1.54) is 4.90 Å². The predicted molar refractivity (Wildman–Crippen MR) is 95.1 cm³/mol. The molecule has 134 valence electrons. The zero-order valence-electron chi connectivity index (χ0n) is 14.1. The number of aryl methyl sites for hydroxylation is 1. The van der Waals surface area contributed by atoms with E-state index >= 15 is 0 Å². The molecule has 2 amide bonds. The summed E-state index contributed by atoms with van der Waals surface area (Å²) in [5.74, 6) is 0.559. The number of carbonyl (C=O) groups excluding carboxylic acids is 2. The summed E-state index contributed by atoms with van der Waals surface area (Å²) in [5.41, 5.74) is 0.825. The third-order valence-corrected chi connectivity index (χ3v) is 5.19. The van der Waals surface area contributed by atoms with Crippen LogP contribution in [0.3, 0.4) is 0 Å². The Morgan fingerprint density at radius 1 is 1.08 bits per heavy atom. The van der Waals surface area contributed by atoms with Gasteiger partial charge in [-0.15, -0.1) is 0 Å². The lowest BCUT2D eigenvalue weighted by Crippen LogP contribution is -2.32. The fourth-order valence-electron chi connectivity index (χ4n) is 3.55. The molecule has 1 saturated heterocycles. The summed E-state index contributed by atoms with van der Waals surface area (Å²) < 4.78 is 5.27. The lowest BCUT2D eigenvalue weighted by Gasteiger charge is -2.14. The number of rotatable bonds is 5. The molecule has 2 atom stereocenters. The number of fused-ring (bicyclic) bond motifs is 1. The number of halogens is 1. The van der Waals surface area contributed by atoms with E-state index < -0.39 is 0 Å². The minimum absolute atomic E-state index is 0.0447. The zero-order chi connectivity index (χ0) is 18.1. The van der Waals surface area contributed by atoms with Gasteiger partial charge in [-0.05, 0) is 43.5 Å². The maximum absolute atomic E-state index is 12.4. The normalized spacial score (nSPS) is 22.1. The average molecular weight is 372 g/mol. The Labute approximate surface area is 155 Å². The largest absolute Gasteiger partial charge is 0.339 e. The maximum atomic E-state index is 12.4. The van der Waals surface area contributed by atoms with Gasteiger partial charge in [0.25, 0.3) is 0 Å². The van der Waals surface area contributed by atoms with Gasteiger partial charge in [0.1, 0.15) is 0 Å². The molecule has 1 aliphatic heterocycles. The second-order valence-electron chi connectivity index (χ2n) is 6.61. The van der Waals surface area contributed by atoms with Crippen LogP contribution in [-0.2, 0) is 16.0 Å². The molecule has 0 radical (unpaired) electrons. The molecule has 0 N–H and O–H groups in total. The molecule has 7 heteroatoms. The van der Waals surface area contributed by atoms with Crippen molar-refractivity contribution in [3.8, 4) is 11.4 Å². The summed E-state index contributed by atoms with van der Waals surface area (Å²) in [6, 6.07) is 7.19. The lowest BCUT2D eigenvalue weighted by molar-refractivity contribution is -0.139. The number of benzene rings is 1. The van der Waals surface area contributed by atoms with Crippen LogP contribution in [-0.4, -0.2) is 33.4 Å². The molecule has 26 heavy (non-hydrogen) atoms. The Kier molecular flexibility index (Phi) is 4.59. The highest BCUT2D eigenvalue weighted by molar-refractivity contribution is 6.30. The number of hydrogen-bond acceptors (Lipinski definition) is 5. The Balaban J connectivity index is 1.35. The van der Waals surface area contributed by atoms with E-state index in [0.29, 0.717) is 49.0 Å². The number of hydrogen-bond donors (Lipinski definition) is 0. The van der Waals surface area contributed by atoms with Crippen LogP contribution in [0.2, 0.25) is 5.02 Å². The monoisotopic (exact) mass is 371 g/mol. The molecule has 1 fully saturated rings. The molecule has 6 nitrogen and oxygen atoms in total. The molecular formula is C19H18ClN3O3. The highest BCUT2D eigenvalue weighted by atomic mass is 35.5. The van der Waals surface area contributed by atoms with Crippen LogP contribution in [0.25, 0.3) is 11.4 Å². The van der Waals surface area contributed by atoms with Gasteiger partial charge in [-0.1, -0.05) is 28.9 Å². The van der Waals surface area contributed by atoms with Gasteiger partial charge in [0.15, 0.2) is 0 Å². The summed E-state index contributed by atoms with van der Waals surface area (Å²) in [5, 5.41) is 4.62. The van der Waals surface area contributed by atoms with E-state index in [1.54, 1.807) is 12.1 Å². The van der Waals surface area contributed by atoms with Crippen LogP contribution >= 0.6 is 11.6 Å². The van der Waals surface area contributed by atoms with E-state index in [-0.39, 0.29) is 23.7 Å². The maximum Gasteiger partial charge on any atom is 0.233 e. The predicted octanol–water partition coefficient (Wildman–Crippen LogP) is 3.27. The average Bonchev–Trinajstić information content (AvgIpc) is 3.22. The number of nitrogens with zero attached hydrogens (tertiary/aromatic N) is 3. The van der Waals surface area contributed by atoms with Gasteiger partial charge >= 0.3 is 0 Å². The molecule has 0 saturated carbocycles. The SMILES string of the molecule is O=C1[C@@H]2CC=CC[C@H]2C(=O)N1CCCc1nc(-c2ccc(Cl)cc2)no1. The molecule has 4 rings (SSSR count). The number of imide groups is 1. The summed E-state index contributed by atoms with van der Waals surface area (Å²) >= 11 is 5.88. The Morgan fingerprint density at radius 2 is 1.73 bits per heavy atom. The van der Waals surface area contributed by atoms with Gasteiger partial charge in [-0.2, -0.15) is 4.98 Å². The van der Waals surface area contributed by atoms with E-state index in [1.807, 2.05) is 24.3 Å². The van der Waals surface area contributed by atoms with Crippen molar-refractivity contribution >= 4 is 23.4 Å². The third-order valence-electron chi connectivity index (χ3n) is 4.94. The summed E-state index contributed by atoms with van der Waals surface area (Å²) in [4.78, 5) is 30.6. The van der Waals surface area contributed by atoms with E-state index in [2.05, 4.69) is 10.1 Å². The highest BCUT2D eigenvalue weighted by Gasteiger charge is 2.46. The van der Waals surface area contributed by atoms with Crippen LogP contribution < -0.4 is 0 Å². The zero-order valence-corrected chi connectivity index (χ0v) is 14.9. The Morgan fingerprint density at radius 3 is 2.38 bits per heavy atom. The van der Waals surface area contributed by atoms with Crippen LogP contribution in [0, 0.1) is 11.8 Å². The van der Waals surface area contributed by atoms with Crippen molar-refractivity contribution in [1.29, 1.82) is 0 Å². The van der Waals surface area contributed by atoms with Crippen molar-refractivity contribution in [2.24, 2.45) is 11.8 Å². The summed E-state index contributed by atoms with van der Waals surface area (Å²) in [6.07, 6.45) is 6.44. The standard InChI is InChI=1S/C19H18ClN3O3/c20-13-9-7-12(8-10-13)17-21-16(26-22-17)6-3-11-23-18(24)14-4-1-2-5-15(14)19(23)25/h1-2,7-10,14-15H,3-6,11H2/t14-,15-/m1/s1. The fourth-order valence-corrected chi connectivity index (χ4v) is 3.68. The number of amides is 2. The minimum atomic E-state index is -0.174. The fraction of sp³-hybridized carbons (Fsp3) is 0.368. The van der Waals surface area contributed by atoms with Crippen LogP contribution in [0.15, 0.2) is 40.9 Å². The van der Waals surface area contributed by atoms with Crippen LogP contribution in [0.5, 0.6) is 0 Å². The van der Waals surface area contributed by atoms with Crippen molar-refractivity contribution in [1.82, 2.24) is 15.0 Å². The smallest absolute Gasteiger partial charge is 0.233 e. The first-order valence-corrected chi connectivity index (χ1v) is 9.10. The van der Waals surface area contributed by atoms with Gasteiger partial charge in [-0.3, -0.25) is 14.5 Å². The Hall–Kier alpha value is -2.47.